The molecule has 3 saturated heterocycles. The lowest BCUT2D eigenvalue weighted by Gasteiger charge is -2.42. The van der Waals surface area contributed by atoms with Crippen molar-refractivity contribution < 1.29 is 32.2 Å². The molecule has 2 amide bonds. The Kier molecular flexibility index (Phi) is 6.45. The van der Waals surface area contributed by atoms with Crippen LogP contribution in [0, 0.1) is 23.7 Å². The Hall–Kier alpha value is -3.58. The number of fused-ring (bicyclic) bond motifs is 5. The number of nitrogens with zero attached hydrogens (tertiary/aromatic N) is 3. The standard InChI is InChI=1S/C28H31F3N6O4/c29-28(30,31)14-41-25-18(15-3-5-40-6-4-15)7-17(9-32-25)27(39)37-12-21-19-10-36(11-20(19)22(21)13-37)26(38)16-1-2-23-24(8-16)34-35-33-23/h1-2,7-9,15,19-22,33-35H,3-6,10-14H2/t19-,20+,21+,22-. The molecule has 4 fully saturated rings. The molecule has 0 unspecified atom stereocenters. The number of anilines is 2. The lowest BCUT2D eigenvalue weighted by molar-refractivity contribution is -0.154. The zero-order chi connectivity index (χ0) is 28.3. The Morgan fingerprint density at radius 2 is 1.51 bits per heavy atom. The molecule has 13 heteroatoms. The number of carbonyl (C=O) groups excluding carboxylic acids is 2. The van der Waals surface area contributed by atoms with Crippen molar-refractivity contribution in [2.24, 2.45) is 23.7 Å². The number of halogens is 3. The number of ether oxygens (including phenoxy) is 2. The summed E-state index contributed by atoms with van der Waals surface area (Å²) in [5, 5.41) is 0. The molecular weight excluding hydrogens is 541 g/mol. The molecule has 3 N–H and O–H groups in total. The number of hydrogen-bond acceptors (Lipinski definition) is 8. The largest absolute Gasteiger partial charge is 0.468 e. The van der Waals surface area contributed by atoms with Gasteiger partial charge in [0.2, 0.25) is 5.88 Å². The zero-order valence-corrected chi connectivity index (χ0v) is 22.2. The Morgan fingerprint density at radius 1 is 0.902 bits per heavy atom. The summed E-state index contributed by atoms with van der Waals surface area (Å²) in [6.07, 6.45) is -1.90. The molecule has 1 aromatic carbocycles. The van der Waals surface area contributed by atoms with Crippen molar-refractivity contribution in [3.63, 3.8) is 0 Å². The average Bonchev–Trinajstić information content (AvgIpc) is 3.70. The molecular formula is C28H31F3N6O4. The van der Waals surface area contributed by atoms with E-state index in [9.17, 15) is 22.8 Å². The lowest BCUT2D eigenvalue weighted by Crippen LogP contribution is -2.44. The van der Waals surface area contributed by atoms with Crippen LogP contribution in [0.15, 0.2) is 30.5 Å². The first kappa shape index (κ1) is 26.3. The molecule has 5 heterocycles. The van der Waals surface area contributed by atoms with E-state index in [-0.39, 0.29) is 23.6 Å². The van der Waals surface area contributed by atoms with Crippen LogP contribution in [0.25, 0.3) is 0 Å². The Balaban J connectivity index is 1.02. The molecule has 4 atom stereocenters. The van der Waals surface area contributed by atoms with Crippen LogP contribution in [-0.2, 0) is 4.74 Å². The maximum atomic E-state index is 13.6. The fourth-order valence-corrected chi connectivity index (χ4v) is 7.29. The maximum absolute atomic E-state index is 13.6. The monoisotopic (exact) mass is 572 g/mol. The molecule has 1 saturated carbocycles. The van der Waals surface area contributed by atoms with E-state index in [0.29, 0.717) is 92.6 Å². The number of benzene rings is 1. The van der Waals surface area contributed by atoms with Crippen LogP contribution >= 0.6 is 0 Å². The minimum Gasteiger partial charge on any atom is -0.468 e. The Morgan fingerprint density at radius 3 is 2.15 bits per heavy atom. The number of carbonyl (C=O) groups is 2. The van der Waals surface area contributed by atoms with Gasteiger partial charge in [-0.25, -0.2) is 4.98 Å². The van der Waals surface area contributed by atoms with E-state index in [2.05, 4.69) is 21.4 Å². The predicted octanol–water partition coefficient (Wildman–Crippen LogP) is 3.26. The van der Waals surface area contributed by atoms with Gasteiger partial charge >= 0.3 is 6.18 Å². The first-order valence-corrected chi connectivity index (χ1v) is 14.0. The molecule has 0 spiro atoms. The van der Waals surface area contributed by atoms with Crippen LogP contribution in [0.1, 0.15) is 45.0 Å². The number of pyridine rings is 1. The second kappa shape index (κ2) is 10.1. The predicted molar refractivity (Wildman–Crippen MR) is 141 cm³/mol. The van der Waals surface area contributed by atoms with Gasteiger partial charge in [0.05, 0.1) is 16.9 Å². The van der Waals surface area contributed by atoms with Crippen molar-refractivity contribution in [3.05, 3.63) is 47.2 Å². The third kappa shape index (κ3) is 4.84. The van der Waals surface area contributed by atoms with Gasteiger partial charge in [-0.15, -0.1) is 5.53 Å². The normalized spacial score (nSPS) is 26.9. The average molecular weight is 573 g/mol. The minimum atomic E-state index is -4.48. The van der Waals surface area contributed by atoms with E-state index in [1.165, 1.54) is 6.20 Å². The topological polar surface area (TPSA) is 108 Å². The molecule has 1 aromatic heterocycles. The molecule has 1 aliphatic carbocycles. The molecule has 4 aliphatic heterocycles. The highest BCUT2D eigenvalue weighted by Crippen LogP contribution is 2.54. The summed E-state index contributed by atoms with van der Waals surface area (Å²) in [6, 6.07) is 7.20. The molecule has 2 aromatic rings. The number of hydrazine groups is 2. The van der Waals surface area contributed by atoms with Crippen molar-refractivity contribution in [3.8, 4) is 5.88 Å². The third-order valence-corrected chi connectivity index (χ3v) is 9.32. The molecule has 5 aliphatic rings. The highest BCUT2D eigenvalue weighted by Gasteiger charge is 2.59. The molecule has 218 valence electrons. The SMILES string of the molecule is O=C(c1ccc2c(c1)NNN2)N1C[C@@H]2[C@H](C1)[C@H]1CN(C(=O)c3cnc(OCC(F)(F)F)c(C4CCOCC4)c3)C[C@@H]21. The maximum Gasteiger partial charge on any atom is 0.422 e. The van der Waals surface area contributed by atoms with Crippen LogP contribution in [-0.4, -0.2) is 78.8 Å². The fraction of sp³-hybridized carbons (Fsp3) is 0.536. The van der Waals surface area contributed by atoms with Crippen LogP contribution in [0.4, 0.5) is 24.5 Å². The van der Waals surface area contributed by atoms with Crippen molar-refractivity contribution in [1.82, 2.24) is 20.3 Å². The number of nitrogens with one attached hydrogen (secondary N) is 3. The first-order valence-electron chi connectivity index (χ1n) is 14.0. The van der Waals surface area contributed by atoms with E-state index in [4.69, 9.17) is 9.47 Å². The van der Waals surface area contributed by atoms with Gasteiger partial charge in [0, 0.05) is 56.7 Å². The summed E-state index contributed by atoms with van der Waals surface area (Å²) in [5.41, 5.74) is 12.0. The smallest absolute Gasteiger partial charge is 0.422 e. The minimum absolute atomic E-state index is 0.0152. The van der Waals surface area contributed by atoms with Crippen LogP contribution in [0.5, 0.6) is 5.88 Å². The number of alkyl halides is 3. The van der Waals surface area contributed by atoms with E-state index in [0.717, 1.165) is 11.4 Å². The van der Waals surface area contributed by atoms with Gasteiger partial charge in [0.1, 0.15) is 0 Å². The molecule has 0 radical (unpaired) electrons. The Labute approximate surface area is 234 Å². The van der Waals surface area contributed by atoms with Crippen LogP contribution < -0.4 is 21.1 Å². The number of likely N-dealkylation sites (tertiary alicyclic amines) is 2. The van der Waals surface area contributed by atoms with Gasteiger partial charge in [-0.1, -0.05) is 0 Å². The van der Waals surface area contributed by atoms with Crippen molar-refractivity contribution >= 4 is 23.2 Å². The number of rotatable bonds is 5. The summed E-state index contributed by atoms with van der Waals surface area (Å²) < 4.78 is 49.0. The first-order chi connectivity index (χ1) is 19.7. The van der Waals surface area contributed by atoms with E-state index in [1.807, 2.05) is 28.0 Å². The molecule has 10 nitrogen and oxygen atoms in total. The third-order valence-electron chi connectivity index (χ3n) is 9.32. The molecule has 0 bridgehead atoms. The van der Waals surface area contributed by atoms with Crippen molar-refractivity contribution in [1.29, 1.82) is 0 Å². The summed E-state index contributed by atoms with van der Waals surface area (Å²) in [4.78, 5) is 34.7. The second-order valence-corrected chi connectivity index (χ2v) is 11.6. The quantitative estimate of drug-likeness (QED) is 0.501. The fourth-order valence-electron chi connectivity index (χ4n) is 7.29. The summed E-state index contributed by atoms with van der Waals surface area (Å²) in [6.45, 7) is 2.12. The summed E-state index contributed by atoms with van der Waals surface area (Å²) in [5.74, 6) is 1.06. The molecule has 7 rings (SSSR count). The summed E-state index contributed by atoms with van der Waals surface area (Å²) >= 11 is 0. The van der Waals surface area contributed by atoms with E-state index >= 15 is 0 Å². The van der Waals surface area contributed by atoms with E-state index < -0.39 is 12.8 Å². The van der Waals surface area contributed by atoms with Gasteiger partial charge in [-0.2, -0.15) is 13.2 Å². The van der Waals surface area contributed by atoms with Gasteiger partial charge < -0.3 is 30.1 Å². The highest BCUT2D eigenvalue weighted by atomic mass is 19.4. The van der Waals surface area contributed by atoms with E-state index in [1.54, 1.807) is 6.07 Å². The van der Waals surface area contributed by atoms with Crippen molar-refractivity contribution in [2.45, 2.75) is 24.9 Å². The Bertz CT molecular complexity index is 1350. The van der Waals surface area contributed by atoms with Crippen LogP contribution in [0.2, 0.25) is 0 Å². The molecule has 41 heavy (non-hydrogen) atoms. The van der Waals surface area contributed by atoms with Crippen LogP contribution in [0.3, 0.4) is 0 Å². The van der Waals surface area contributed by atoms with Gasteiger partial charge in [-0.3, -0.25) is 9.59 Å². The zero-order valence-electron chi connectivity index (χ0n) is 22.2. The van der Waals surface area contributed by atoms with Gasteiger partial charge in [0.15, 0.2) is 6.61 Å². The highest BCUT2D eigenvalue weighted by molar-refractivity contribution is 5.97. The van der Waals surface area contributed by atoms with Gasteiger partial charge in [-0.05, 0) is 66.7 Å². The van der Waals surface area contributed by atoms with Crippen molar-refractivity contribution in [2.75, 3.05) is 56.9 Å². The summed E-state index contributed by atoms with van der Waals surface area (Å²) in [7, 11) is 0. The lowest BCUT2D eigenvalue weighted by atomic mass is 9.60. The number of aromatic nitrogens is 1. The van der Waals surface area contributed by atoms with Gasteiger partial charge in [0.25, 0.3) is 11.8 Å². The number of amides is 2. The number of hydrogen-bond donors (Lipinski definition) is 3. The second-order valence-electron chi connectivity index (χ2n) is 11.6.